The van der Waals surface area contributed by atoms with E-state index in [-0.39, 0.29) is 5.91 Å². The van der Waals surface area contributed by atoms with Crippen LogP contribution in [0, 0.1) is 5.41 Å². The molecule has 1 heterocycles. The third kappa shape index (κ3) is 3.03. The zero-order valence-corrected chi connectivity index (χ0v) is 10.3. The van der Waals surface area contributed by atoms with Crippen LogP contribution in [0.25, 0.3) is 0 Å². The summed E-state index contributed by atoms with van der Waals surface area (Å²) in [6.45, 7) is 5.33. The summed E-state index contributed by atoms with van der Waals surface area (Å²) in [5.74, 6) is -0.198. The molecule has 88 valence electrons. The van der Waals surface area contributed by atoms with Crippen molar-refractivity contribution in [3.63, 3.8) is 0 Å². The van der Waals surface area contributed by atoms with Crippen LogP contribution in [0.15, 0.2) is 5.38 Å². The molecular weight excluding hydrogens is 226 g/mol. The summed E-state index contributed by atoms with van der Waals surface area (Å²) in [5.41, 5.74) is 5.41. The van der Waals surface area contributed by atoms with E-state index < -0.39 is 11.5 Å². The predicted molar refractivity (Wildman–Crippen MR) is 62.9 cm³/mol. The number of anilines is 1. The molecule has 1 amide bonds. The molecule has 0 aliphatic carbocycles. The van der Waals surface area contributed by atoms with Crippen LogP contribution in [0.4, 0.5) is 5.13 Å². The normalized spacial score (nSPS) is 13.2. The number of nitrogens with zero attached hydrogens (tertiary/aromatic N) is 1. The van der Waals surface area contributed by atoms with Crippen LogP contribution < -0.4 is 11.1 Å². The van der Waals surface area contributed by atoms with Crippen molar-refractivity contribution in [1.82, 2.24) is 10.3 Å². The van der Waals surface area contributed by atoms with Crippen LogP contribution in [0.5, 0.6) is 0 Å². The number of aldehydes is 1. The summed E-state index contributed by atoms with van der Waals surface area (Å²) >= 11 is 1.24. The van der Waals surface area contributed by atoms with E-state index in [9.17, 15) is 9.59 Å². The van der Waals surface area contributed by atoms with Crippen LogP contribution in [-0.2, 0) is 9.59 Å². The van der Waals surface area contributed by atoms with Gasteiger partial charge in [-0.15, -0.1) is 11.3 Å². The Kier molecular flexibility index (Phi) is 3.64. The van der Waals surface area contributed by atoms with Crippen LogP contribution in [-0.4, -0.2) is 17.2 Å². The largest absolute Gasteiger partial charge is 0.375 e. The minimum atomic E-state index is -0.722. The first-order valence-electron chi connectivity index (χ1n) is 4.81. The summed E-state index contributed by atoms with van der Waals surface area (Å²) in [7, 11) is 0. The Hall–Kier alpha value is -1.43. The zero-order valence-electron chi connectivity index (χ0n) is 9.48. The number of amides is 1. The van der Waals surface area contributed by atoms with Gasteiger partial charge in [0.2, 0.25) is 5.91 Å². The molecule has 0 aromatic carbocycles. The van der Waals surface area contributed by atoms with E-state index in [4.69, 9.17) is 5.73 Å². The molecule has 0 spiro atoms. The molecule has 5 nitrogen and oxygen atoms in total. The Bertz CT molecular complexity index is 395. The highest BCUT2D eigenvalue weighted by Crippen LogP contribution is 2.19. The fourth-order valence-corrected chi connectivity index (χ4v) is 1.58. The first-order chi connectivity index (χ1) is 7.34. The van der Waals surface area contributed by atoms with Crippen LogP contribution in [0.1, 0.15) is 32.5 Å². The van der Waals surface area contributed by atoms with Crippen molar-refractivity contribution >= 4 is 28.7 Å². The van der Waals surface area contributed by atoms with E-state index in [1.165, 1.54) is 11.3 Å². The standard InChI is InChI=1S/C10H15N3O2S/c1-10(2,3)8(15)12-6(4-14)7-5-16-9(11)13-7/h4-6H,1-3H3,(H2,11,13)(H,12,15). The van der Waals surface area contributed by atoms with E-state index in [1.807, 2.05) is 0 Å². The maximum atomic E-state index is 11.7. The second kappa shape index (κ2) is 4.61. The van der Waals surface area contributed by atoms with E-state index in [0.29, 0.717) is 17.1 Å². The number of carbonyl (C=O) groups is 2. The molecule has 1 rings (SSSR count). The molecule has 1 unspecified atom stereocenters. The average Bonchev–Trinajstić information content (AvgIpc) is 2.59. The molecule has 1 atom stereocenters. The zero-order chi connectivity index (χ0) is 12.3. The van der Waals surface area contributed by atoms with Crippen LogP contribution in [0.2, 0.25) is 0 Å². The number of hydrogen-bond acceptors (Lipinski definition) is 5. The third-order valence-electron chi connectivity index (χ3n) is 1.96. The van der Waals surface area contributed by atoms with Gasteiger partial charge in [0.05, 0.1) is 5.69 Å². The highest BCUT2D eigenvalue weighted by molar-refractivity contribution is 7.13. The van der Waals surface area contributed by atoms with Crippen LogP contribution >= 0.6 is 11.3 Å². The second-order valence-corrected chi connectivity index (χ2v) is 5.34. The van der Waals surface area contributed by atoms with Gasteiger partial charge in [0, 0.05) is 10.8 Å². The lowest BCUT2D eigenvalue weighted by Crippen LogP contribution is -2.38. The lowest BCUT2D eigenvalue weighted by atomic mass is 9.95. The van der Waals surface area contributed by atoms with Crippen molar-refractivity contribution in [3.8, 4) is 0 Å². The minimum absolute atomic E-state index is 0.198. The van der Waals surface area contributed by atoms with Crippen molar-refractivity contribution in [2.75, 3.05) is 5.73 Å². The summed E-state index contributed by atoms with van der Waals surface area (Å²) in [5, 5.41) is 4.66. The van der Waals surface area contributed by atoms with Gasteiger partial charge in [-0.1, -0.05) is 20.8 Å². The molecule has 0 saturated carbocycles. The molecular formula is C10H15N3O2S. The minimum Gasteiger partial charge on any atom is -0.375 e. The SMILES string of the molecule is CC(C)(C)C(=O)NC(C=O)c1csc(N)n1. The van der Waals surface area contributed by atoms with Crippen molar-refractivity contribution < 1.29 is 9.59 Å². The summed E-state index contributed by atoms with van der Waals surface area (Å²) in [6, 6.07) is -0.722. The number of rotatable bonds is 3. The maximum absolute atomic E-state index is 11.7. The number of nitrogens with two attached hydrogens (primary N) is 1. The summed E-state index contributed by atoms with van der Waals surface area (Å²) in [4.78, 5) is 26.5. The number of aromatic nitrogens is 1. The van der Waals surface area contributed by atoms with E-state index in [0.717, 1.165) is 0 Å². The predicted octanol–water partition coefficient (Wildman–Crippen LogP) is 1.13. The average molecular weight is 241 g/mol. The van der Waals surface area contributed by atoms with Gasteiger partial charge in [0.25, 0.3) is 0 Å². The fourth-order valence-electron chi connectivity index (χ4n) is 0.979. The highest BCUT2D eigenvalue weighted by Gasteiger charge is 2.25. The van der Waals surface area contributed by atoms with Gasteiger partial charge in [-0.3, -0.25) is 4.79 Å². The van der Waals surface area contributed by atoms with Gasteiger partial charge in [-0.05, 0) is 0 Å². The smallest absolute Gasteiger partial charge is 0.226 e. The lowest BCUT2D eigenvalue weighted by Gasteiger charge is -2.20. The Morgan fingerprint density at radius 3 is 2.62 bits per heavy atom. The molecule has 0 bridgehead atoms. The summed E-state index contributed by atoms with van der Waals surface area (Å²) in [6.07, 6.45) is 0.651. The van der Waals surface area contributed by atoms with Gasteiger partial charge in [-0.2, -0.15) is 0 Å². The molecule has 1 aromatic rings. The maximum Gasteiger partial charge on any atom is 0.226 e. The first kappa shape index (κ1) is 12.6. The Morgan fingerprint density at radius 1 is 1.62 bits per heavy atom. The monoisotopic (exact) mass is 241 g/mol. The number of carbonyl (C=O) groups excluding carboxylic acids is 2. The molecule has 6 heteroatoms. The molecule has 16 heavy (non-hydrogen) atoms. The van der Waals surface area contributed by atoms with Crippen molar-refractivity contribution in [3.05, 3.63) is 11.1 Å². The number of hydrogen-bond donors (Lipinski definition) is 2. The quantitative estimate of drug-likeness (QED) is 0.777. The molecule has 0 aliphatic heterocycles. The number of nitrogens with one attached hydrogen (secondary N) is 1. The third-order valence-corrected chi connectivity index (χ3v) is 2.65. The van der Waals surface area contributed by atoms with E-state index in [1.54, 1.807) is 26.2 Å². The van der Waals surface area contributed by atoms with Gasteiger partial charge < -0.3 is 15.8 Å². The van der Waals surface area contributed by atoms with Gasteiger partial charge in [0.1, 0.15) is 12.3 Å². The van der Waals surface area contributed by atoms with Gasteiger partial charge in [-0.25, -0.2) is 4.98 Å². The lowest BCUT2D eigenvalue weighted by molar-refractivity contribution is -0.130. The van der Waals surface area contributed by atoms with Crippen LogP contribution in [0.3, 0.4) is 0 Å². The van der Waals surface area contributed by atoms with Gasteiger partial charge >= 0.3 is 0 Å². The van der Waals surface area contributed by atoms with E-state index in [2.05, 4.69) is 10.3 Å². The Balaban J connectivity index is 2.78. The molecule has 0 fully saturated rings. The molecule has 3 N–H and O–H groups in total. The Morgan fingerprint density at radius 2 is 2.25 bits per heavy atom. The first-order valence-corrected chi connectivity index (χ1v) is 5.69. The van der Waals surface area contributed by atoms with Gasteiger partial charge in [0.15, 0.2) is 5.13 Å². The fraction of sp³-hybridized carbons (Fsp3) is 0.500. The molecule has 0 aliphatic rings. The van der Waals surface area contributed by atoms with Crippen molar-refractivity contribution in [2.45, 2.75) is 26.8 Å². The summed E-state index contributed by atoms with van der Waals surface area (Å²) < 4.78 is 0. The molecule has 0 radical (unpaired) electrons. The van der Waals surface area contributed by atoms with Crippen molar-refractivity contribution in [1.29, 1.82) is 0 Å². The number of nitrogen functional groups attached to an aromatic ring is 1. The van der Waals surface area contributed by atoms with E-state index >= 15 is 0 Å². The highest BCUT2D eigenvalue weighted by atomic mass is 32.1. The molecule has 1 aromatic heterocycles. The van der Waals surface area contributed by atoms with Crippen molar-refractivity contribution in [2.24, 2.45) is 5.41 Å². The number of thiazole rings is 1. The second-order valence-electron chi connectivity index (χ2n) is 4.45. The topological polar surface area (TPSA) is 85.1 Å². The Labute approximate surface area is 98.1 Å². The molecule has 0 saturated heterocycles.